The number of allylic oxidation sites excluding steroid dienone is 1. The average molecular weight is 363 g/mol. The van der Waals surface area contributed by atoms with Crippen molar-refractivity contribution in [2.45, 2.75) is 45.6 Å². The van der Waals surface area contributed by atoms with E-state index in [0.717, 1.165) is 57.6 Å². The van der Waals surface area contributed by atoms with E-state index in [9.17, 15) is 4.79 Å². The summed E-state index contributed by atoms with van der Waals surface area (Å²) in [5.41, 5.74) is 6.93. The molecule has 1 fully saturated rings. The summed E-state index contributed by atoms with van der Waals surface area (Å²) < 4.78 is 0. The maximum atomic E-state index is 12.3. The second-order valence-electron chi connectivity index (χ2n) is 7.01. The highest BCUT2D eigenvalue weighted by molar-refractivity contribution is 5.96. The van der Waals surface area contributed by atoms with Crippen LogP contribution in [0.15, 0.2) is 21.9 Å². The van der Waals surface area contributed by atoms with E-state index in [1.54, 1.807) is 7.05 Å². The molecule has 2 aliphatic rings. The maximum Gasteiger partial charge on any atom is 0.236 e. The highest BCUT2D eigenvalue weighted by Crippen LogP contribution is 2.32. The number of piperidine rings is 1. The highest BCUT2D eigenvalue weighted by Gasteiger charge is 2.34. The topological polar surface area (TPSA) is 77.5 Å². The summed E-state index contributed by atoms with van der Waals surface area (Å²) in [4.78, 5) is 20.6. The number of carbonyl (C=O) groups excluding carboxylic acids is 1. The van der Waals surface area contributed by atoms with Gasteiger partial charge in [0, 0.05) is 26.9 Å². The zero-order valence-electron chi connectivity index (χ0n) is 16.5. The second kappa shape index (κ2) is 9.71. The van der Waals surface area contributed by atoms with Gasteiger partial charge in [0.1, 0.15) is 5.84 Å². The fraction of sp³-hybridized carbons (Fsp3) is 0.737. The molecule has 0 aromatic carbocycles. The first-order chi connectivity index (χ1) is 12.5. The third-order valence-electron chi connectivity index (χ3n) is 5.67. The normalized spacial score (nSPS) is 22.9. The fourth-order valence-corrected chi connectivity index (χ4v) is 4.10. The number of amidine groups is 1. The Bertz CT molecular complexity index is 546. The Kier molecular flexibility index (Phi) is 7.63. The van der Waals surface area contributed by atoms with Crippen molar-refractivity contribution in [1.82, 2.24) is 14.8 Å². The third-order valence-corrected chi connectivity index (χ3v) is 5.67. The molecule has 2 rings (SSSR count). The Morgan fingerprint density at radius 1 is 1.31 bits per heavy atom. The largest absolute Gasteiger partial charge is 0.382 e. The monoisotopic (exact) mass is 362 g/mol. The lowest BCUT2D eigenvalue weighted by molar-refractivity contribution is -0.132. The van der Waals surface area contributed by atoms with E-state index in [2.05, 4.69) is 27.8 Å². The average Bonchev–Trinajstić information content (AvgIpc) is 2.68. The molecule has 2 N–H and O–H groups in total. The van der Waals surface area contributed by atoms with Crippen molar-refractivity contribution in [3.63, 3.8) is 0 Å². The van der Waals surface area contributed by atoms with Crippen molar-refractivity contribution in [2.24, 2.45) is 21.7 Å². The SMILES string of the molecule is C=NN1C(C(N)=NC)=CCCC1C1CCN(CC(=O)N(CC)CC)CC1. The lowest BCUT2D eigenvalue weighted by Crippen LogP contribution is -2.48. The van der Waals surface area contributed by atoms with Crippen LogP contribution in [0.2, 0.25) is 0 Å². The summed E-state index contributed by atoms with van der Waals surface area (Å²) >= 11 is 0. The van der Waals surface area contributed by atoms with Crippen molar-refractivity contribution in [3.8, 4) is 0 Å². The number of likely N-dealkylation sites (tertiary alicyclic amines) is 1. The molecule has 0 aromatic rings. The molecule has 7 nitrogen and oxygen atoms in total. The summed E-state index contributed by atoms with van der Waals surface area (Å²) in [5, 5.41) is 6.21. The van der Waals surface area contributed by atoms with Gasteiger partial charge in [0.25, 0.3) is 0 Å². The molecule has 146 valence electrons. The van der Waals surface area contributed by atoms with E-state index >= 15 is 0 Å². The first kappa shape index (κ1) is 20.4. The minimum atomic E-state index is 0.234. The predicted molar refractivity (Wildman–Crippen MR) is 107 cm³/mol. The molecule has 1 amide bonds. The van der Waals surface area contributed by atoms with Crippen LogP contribution < -0.4 is 5.73 Å². The Balaban J connectivity index is 1.94. The minimum absolute atomic E-state index is 0.234. The molecule has 0 aliphatic carbocycles. The van der Waals surface area contributed by atoms with Crippen LogP contribution in [0.4, 0.5) is 0 Å². The number of aliphatic imine (C=N–C) groups is 1. The molecule has 2 aliphatic heterocycles. The first-order valence-electron chi connectivity index (χ1n) is 9.74. The maximum absolute atomic E-state index is 12.3. The van der Waals surface area contributed by atoms with E-state index in [1.165, 1.54) is 0 Å². The van der Waals surface area contributed by atoms with Crippen LogP contribution in [0.5, 0.6) is 0 Å². The fourth-order valence-electron chi connectivity index (χ4n) is 4.10. The van der Waals surface area contributed by atoms with E-state index < -0.39 is 0 Å². The molecule has 0 radical (unpaired) electrons. The minimum Gasteiger partial charge on any atom is -0.382 e. The lowest BCUT2D eigenvalue weighted by atomic mass is 9.84. The molecular weight excluding hydrogens is 328 g/mol. The van der Waals surface area contributed by atoms with Crippen LogP contribution in [0, 0.1) is 5.92 Å². The standard InChI is InChI=1S/C19H34N6O/c1-5-24(6-2)18(26)14-23-12-10-15(11-13-23)16-8-7-9-17(19(20)21-3)25(16)22-4/h9,15-16H,4-8,10-14H2,1-3H3,(H2,20,21). The van der Waals surface area contributed by atoms with Crippen molar-refractivity contribution in [1.29, 1.82) is 0 Å². The molecule has 0 spiro atoms. The van der Waals surface area contributed by atoms with Crippen LogP contribution in [0.1, 0.15) is 39.5 Å². The van der Waals surface area contributed by atoms with Gasteiger partial charge in [-0.05, 0) is 58.5 Å². The van der Waals surface area contributed by atoms with Crippen molar-refractivity contribution in [2.75, 3.05) is 39.8 Å². The molecule has 0 saturated carbocycles. The van der Waals surface area contributed by atoms with Gasteiger partial charge in [-0.1, -0.05) is 6.08 Å². The number of hydrazone groups is 1. The molecule has 2 heterocycles. The molecule has 0 aromatic heterocycles. The number of hydrogen-bond acceptors (Lipinski definition) is 5. The summed E-state index contributed by atoms with van der Waals surface area (Å²) in [5.74, 6) is 1.29. The van der Waals surface area contributed by atoms with Gasteiger partial charge in [-0.25, -0.2) is 0 Å². The van der Waals surface area contributed by atoms with Gasteiger partial charge in [0.05, 0.1) is 18.3 Å². The Labute approximate surface area is 157 Å². The molecule has 0 bridgehead atoms. The summed E-state index contributed by atoms with van der Waals surface area (Å²) in [6.45, 7) is 11.8. The van der Waals surface area contributed by atoms with Crippen LogP contribution in [0.3, 0.4) is 0 Å². The Morgan fingerprint density at radius 3 is 2.50 bits per heavy atom. The van der Waals surface area contributed by atoms with Crippen molar-refractivity contribution < 1.29 is 4.79 Å². The molecule has 1 unspecified atom stereocenters. The predicted octanol–water partition coefficient (Wildman–Crippen LogP) is 1.52. The molecule has 7 heteroatoms. The van der Waals surface area contributed by atoms with E-state index in [4.69, 9.17) is 5.73 Å². The lowest BCUT2D eigenvalue weighted by Gasteiger charge is -2.42. The third kappa shape index (κ3) is 4.63. The number of hydrogen-bond donors (Lipinski definition) is 1. The van der Waals surface area contributed by atoms with Crippen LogP contribution in [-0.4, -0.2) is 79.1 Å². The van der Waals surface area contributed by atoms with Crippen molar-refractivity contribution >= 4 is 18.5 Å². The van der Waals surface area contributed by atoms with Gasteiger partial charge in [0.15, 0.2) is 0 Å². The summed E-state index contributed by atoms with van der Waals surface area (Å²) in [6.07, 6.45) is 6.29. The van der Waals surface area contributed by atoms with Crippen LogP contribution in [0.25, 0.3) is 0 Å². The van der Waals surface area contributed by atoms with Gasteiger partial charge in [-0.3, -0.25) is 19.7 Å². The quantitative estimate of drug-likeness (QED) is 0.550. The summed E-state index contributed by atoms with van der Waals surface area (Å²) in [6, 6.07) is 0.313. The number of likely N-dealkylation sites (N-methyl/N-ethyl adjacent to an activating group) is 1. The first-order valence-corrected chi connectivity index (χ1v) is 9.74. The van der Waals surface area contributed by atoms with Gasteiger partial charge >= 0.3 is 0 Å². The number of carbonyl (C=O) groups is 1. The number of rotatable bonds is 7. The van der Waals surface area contributed by atoms with Gasteiger partial charge < -0.3 is 10.6 Å². The van der Waals surface area contributed by atoms with E-state index in [0.29, 0.717) is 24.3 Å². The van der Waals surface area contributed by atoms with Crippen LogP contribution in [-0.2, 0) is 4.79 Å². The van der Waals surface area contributed by atoms with E-state index in [1.807, 2.05) is 23.8 Å². The Morgan fingerprint density at radius 2 is 1.96 bits per heavy atom. The number of nitrogens with two attached hydrogens (primary N) is 1. The Hall–Kier alpha value is -1.89. The van der Waals surface area contributed by atoms with Gasteiger partial charge in [0.2, 0.25) is 5.91 Å². The molecule has 1 saturated heterocycles. The highest BCUT2D eigenvalue weighted by atomic mass is 16.2. The van der Waals surface area contributed by atoms with Gasteiger partial charge in [-0.2, -0.15) is 5.10 Å². The smallest absolute Gasteiger partial charge is 0.236 e. The molecule has 1 atom stereocenters. The van der Waals surface area contributed by atoms with Crippen LogP contribution >= 0.6 is 0 Å². The number of nitrogens with zero attached hydrogens (tertiary/aromatic N) is 5. The zero-order valence-corrected chi connectivity index (χ0v) is 16.5. The molecular formula is C19H34N6O. The zero-order chi connectivity index (χ0) is 19.1. The van der Waals surface area contributed by atoms with E-state index in [-0.39, 0.29) is 5.91 Å². The molecule has 26 heavy (non-hydrogen) atoms. The van der Waals surface area contributed by atoms with Gasteiger partial charge in [-0.15, -0.1) is 0 Å². The van der Waals surface area contributed by atoms with Crippen molar-refractivity contribution in [3.05, 3.63) is 11.8 Å². The summed E-state index contributed by atoms with van der Waals surface area (Å²) in [7, 11) is 1.70. The second-order valence-corrected chi connectivity index (χ2v) is 7.01. The number of amides is 1.